The van der Waals surface area contributed by atoms with Gasteiger partial charge in [0.15, 0.2) is 0 Å². The van der Waals surface area contributed by atoms with Crippen molar-refractivity contribution >= 4 is 11.4 Å². The van der Waals surface area contributed by atoms with Crippen LogP contribution in [0.2, 0.25) is 0 Å². The van der Waals surface area contributed by atoms with Crippen LogP contribution in [0.25, 0.3) is 0 Å². The minimum absolute atomic E-state index is 0.0329. The van der Waals surface area contributed by atoms with E-state index in [0.29, 0.717) is 11.6 Å². The Bertz CT molecular complexity index is 1250. The normalized spacial score (nSPS) is 9.67. The molecule has 0 aliphatic carbocycles. The molecule has 0 bridgehead atoms. The molecule has 0 atom stereocenters. The largest absolute Gasteiger partial charge is 0.438 e. The van der Waals surface area contributed by atoms with Crippen LogP contribution in [-0.4, -0.2) is 30.2 Å². The van der Waals surface area contributed by atoms with E-state index in [4.69, 9.17) is 4.74 Å². The van der Waals surface area contributed by atoms with Crippen molar-refractivity contribution < 1.29 is 19.0 Å². The monoisotopic (exact) mass is 458 g/mol. The first-order valence-corrected chi connectivity index (χ1v) is 9.22. The van der Waals surface area contributed by atoms with Gasteiger partial charge in [0.05, 0.1) is 9.85 Å². The first-order chi connectivity index (χ1) is 15.6. The Morgan fingerprint density at radius 3 is 1.76 bits per heavy atom. The van der Waals surface area contributed by atoms with E-state index in [2.05, 4.69) is 20.4 Å². The lowest BCUT2D eigenvalue weighted by Crippen LogP contribution is -1.93. The number of H-pyrrole nitrogens is 3. The number of nitrogens with one attached hydrogen (secondary N) is 3. The number of nitro benzene ring substituents is 2. The summed E-state index contributed by atoms with van der Waals surface area (Å²) in [5.74, 6) is 0.481. The molecule has 13 heteroatoms. The van der Waals surface area contributed by atoms with Crippen molar-refractivity contribution in [1.29, 1.82) is 0 Å². The molecule has 2 aromatic carbocycles. The summed E-state index contributed by atoms with van der Waals surface area (Å²) < 4.78 is 17.5. The van der Waals surface area contributed by atoms with Gasteiger partial charge in [0, 0.05) is 47.8 Å². The minimum Gasteiger partial charge on any atom is -0.438 e. The molecule has 0 fully saturated rings. The van der Waals surface area contributed by atoms with Crippen LogP contribution in [0, 0.1) is 39.9 Å². The standard InChI is InChI=1S/C10H9N3O3.C6H4FNO2.C4H6N2O/c1-7-6-10(12-11-7)16-9-4-2-8(3-5-9)13(14)15;7-5-1-3-6(4-2-5)8(9)10;1-3-2-4(7)6-5-3/h2-6H,1H3,(H,11,12);1-4H;2H,1H3,(H2,5,6,7). The first-order valence-electron chi connectivity index (χ1n) is 9.22. The second-order valence-electron chi connectivity index (χ2n) is 6.42. The van der Waals surface area contributed by atoms with Crippen molar-refractivity contribution in [2.24, 2.45) is 0 Å². The van der Waals surface area contributed by atoms with Crippen LogP contribution in [0.3, 0.4) is 0 Å². The molecular formula is C20H19FN6O6. The Labute approximate surface area is 185 Å². The van der Waals surface area contributed by atoms with Crippen LogP contribution in [-0.2, 0) is 0 Å². The van der Waals surface area contributed by atoms with Gasteiger partial charge in [-0.15, -0.1) is 5.10 Å². The lowest BCUT2D eigenvalue weighted by Gasteiger charge is -2.00. The third-order valence-electron chi connectivity index (χ3n) is 3.72. The number of hydrogen-bond donors (Lipinski definition) is 3. The fourth-order valence-electron chi connectivity index (χ4n) is 2.19. The molecule has 2 aromatic heterocycles. The van der Waals surface area contributed by atoms with E-state index in [0.717, 1.165) is 35.7 Å². The molecule has 0 saturated carbocycles. The van der Waals surface area contributed by atoms with Crippen LogP contribution in [0.15, 0.2) is 65.5 Å². The van der Waals surface area contributed by atoms with Crippen LogP contribution in [0.1, 0.15) is 11.4 Å². The van der Waals surface area contributed by atoms with Crippen molar-refractivity contribution in [3.8, 4) is 11.6 Å². The average molecular weight is 458 g/mol. The zero-order valence-corrected chi connectivity index (χ0v) is 17.4. The average Bonchev–Trinajstić information content (AvgIpc) is 3.36. The van der Waals surface area contributed by atoms with Gasteiger partial charge in [-0.3, -0.25) is 35.2 Å². The Hall–Kier alpha value is -4.81. The highest BCUT2D eigenvalue weighted by molar-refractivity contribution is 5.37. The van der Waals surface area contributed by atoms with Crippen molar-refractivity contribution in [1.82, 2.24) is 20.4 Å². The van der Waals surface area contributed by atoms with E-state index >= 15 is 0 Å². The summed E-state index contributed by atoms with van der Waals surface area (Å²) in [6, 6.07) is 13.4. The number of benzene rings is 2. The van der Waals surface area contributed by atoms with E-state index in [1.54, 1.807) is 6.07 Å². The summed E-state index contributed by atoms with van der Waals surface area (Å²) in [6.45, 7) is 3.67. The fraction of sp³-hybridized carbons (Fsp3) is 0.100. The van der Waals surface area contributed by atoms with Crippen LogP contribution >= 0.6 is 0 Å². The maximum Gasteiger partial charge on any atom is 0.269 e. The number of aromatic nitrogens is 4. The highest BCUT2D eigenvalue weighted by Crippen LogP contribution is 2.22. The molecule has 0 aliphatic rings. The number of hydrogen-bond acceptors (Lipinski definition) is 7. The predicted molar refractivity (Wildman–Crippen MR) is 116 cm³/mol. The maximum absolute atomic E-state index is 12.1. The summed E-state index contributed by atoms with van der Waals surface area (Å²) in [5, 5.41) is 32.1. The Balaban J connectivity index is 0.000000193. The van der Waals surface area contributed by atoms with E-state index in [1.165, 1.54) is 30.3 Å². The molecule has 0 saturated heterocycles. The van der Waals surface area contributed by atoms with E-state index < -0.39 is 15.7 Å². The summed E-state index contributed by atoms with van der Waals surface area (Å²) >= 11 is 0. The number of rotatable bonds is 4. The smallest absolute Gasteiger partial charge is 0.269 e. The fourth-order valence-corrected chi connectivity index (χ4v) is 2.19. The van der Waals surface area contributed by atoms with Crippen molar-refractivity contribution in [2.75, 3.05) is 0 Å². The zero-order valence-electron chi connectivity index (χ0n) is 17.4. The van der Waals surface area contributed by atoms with E-state index in [9.17, 15) is 29.4 Å². The van der Waals surface area contributed by atoms with Gasteiger partial charge in [-0.05, 0) is 38.1 Å². The van der Waals surface area contributed by atoms with Gasteiger partial charge in [-0.25, -0.2) is 4.39 Å². The van der Waals surface area contributed by atoms with E-state index in [1.807, 2.05) is 13.8 Å². The number of nitrogens with zero attached hydrogens (tertiary/aromatic N) is 3. The third-order valence-corrected chi connectivity index (χ3v) is 3.72. The summed E-state index contributed by atoms with van der Waals surface area (Å²) in [5.41, 5.74) is 1.62. The van der Waals surface area contributed by atoms with Gasteiger partial charge in [-0.1, -0.05) is 0 Å². The van der Waals surface area contributed by atoms with Crippen molar-refractivity contribution in [3.05, 3.63) is 108 Å². The van der Waals surface area contributed by atoms with Crippen molar-refractivity contribution in [2.45, 2.75) is 13.8 Å². The molecular weight excluding hydrogens is 439 g/mol. The van der Waals surface area contributed by atoms with Crippen LogP contribution < -0.4 is 10.3 Å². The minimum atomic E-state index is -0.570. The number of aryl methyl sites for hydroxylation is 2. The maximum atomic E-state index is 12.1. The topological polar surface area (TPSA) is 173 Å². The first kappa shape index (κ1) is 24.5. The molecule has 0 amide bonds. The number of non-ortho nitro benzene ring substituents is 2. The molecule has 0 unspecified atom stereocenters. The predicted octanol–water partition coefficient (Wildman–Crippen LogP) is 4.16. The number of halogens is 1. The second kappa shape index (κ2) is 11.5. The Kier molecular flexibility index (Phi) is 8.56. The van der Waals surface area contributed by atoms with Gasteiger partial charge in [0.2, 0.25) is 5.88 Å². The summed E-state index contributed by atoms with van der Waals surface area (Å²) in [4.78, 5) is 29.6. The van der Waals surface area contributed by atoms with Gasteiger partial charge in [-0.2, -0.15) is 0 Å². The second-order valence-corrected chi connectivity index (χ2v) is 6.42. The van der Waals surface area contributed by atoms with Gasteiger partial charge >= 0.3 is 0 Å². The SMILES string of the molecule is Cc1cc(=O)[nH][nH]1.Cc1cc(Oc2ccc([N+](=O)[O-])cc2)n[nH]1.O=[N+]([O-])c1ccc(F)cc1. The molecule has 0 aliphatic heterocycles. The molecule has 12 nitrogen and oxygen atoms in total. The molecule has 4 rings (SSSR count). The van der Waals surface area contributed by atoms with Gasteiger partial charge in [0.25, 0.3) is 16.9 Å². The molecule has 0 spiro atoms. The Morgan fingerprint density at radius 1 is 0.848 bits per heavy atom. The Morgan fingerprint density at radius 2 is 1.39 bits per heavy atom. The van der Waals surface area contributed by atoms with Crippen LogP contribution in [0.5, 0.6) is 11.6 Å². The molecule has 33 heavy (non-hydrogen) atoms. The van der Waals surface area contributed by atoms with Crippen molar-refractivity contribution in [3.63, 3.8) is 0 Å². The van der Waals surface area contributed by atoms with Gasteiger partial charge < -0.3 is 9.84 Å². The quantitative estimate of drug-likeness (QED) is 0.304. The van der Waals surface area contributed by atoms with Crippen LogP contribution in [0.4, 0.5) is 15.8 Å². The lowest BCUT2D eigenvalue weighted by atomic mass is 10.3. The zero-order chi connectivity index (χ0) is 24.4. The van der Waals surface area contributed by atoms with E-state index in [-0.39, 0.29) is 16.9 Å². The number of nitro groups is 2. The van der Waals surface area contributed by atoms with Gasteiger partial charge in [0.1, 0.15) is 11.6 Å². The third kappa shape index (κ3) is 8.45. The molecule has 0 radical (unpaired) electrons. The molecule has 172 valence electrons. The molecule has 4 aromatic rings. The number of ether oxygens (including phenoxy) is 1. The highest BCUT2D eigenvalue weighted by atomic mass is 19.1. The summed E-state index contributed by atoms with van der Waals surface area (Å²) in [7, 11) is 0. The summed E-state index contributed by atoms with van der Waals surface area (Å²) in [6.07, 6.45) is 0. The molecule has 2 heterocycles. The number of aromatic amines is 3. The molecule has 3 N–H and O–H groups in total. The lowest BCUT2D eigenvalue weighted by molar-refractivity contribution is -0.385. The highest BCUT2D eigenvalue weighted by Gasteiger charge is 2.06.